The number of benzene rings is 3. The van der Waals surface area contributed by atoms with Crippen LogP contribution in [0.3, 0.4) is 0 Å². The first kappa shape index (κ1) is 25.4. The Morgan fingerprint density at radius 2 is 1.40 bits per heavy atom. The van der Waals surface area contributed by atoms with Gasteiger partial charge in [0, 0.05) is 63.7 Å². The van der Waals surface area contributed by atoms with Gasteiger partial charge in [-0.05, 0) is 37.6 Å². The molecule has 5 aromatic rings. The molecule has 0 aliphatic carbocycles. The van der Waals surface area contributed by atoms with Gasteiger partial charge in [-0.15, -0.1) is 0 Å². The van der Waals surface area contributed by atoms with Gasteiger partial charge in [-0.2, -0.15) is 0 Å². The molecule has 4 N–H and O–H groups in total. The number of aliphatic carboxylic acids is 1. The number of aromatic amines is 1. The maximum atomic E-state index is 9.00. The predicted molar refractivity (Wildman–Crippen MR) is 160 cm³/mol. The molecule has 2 atom stereocenters. The van der Waals surface area contributed by atoms with Gasteiger partial charge in [-0.1, -0.05) is 48.5 Å². The van der Waals surface area contributed by atoms with E-state index in [1.165, 1.54) is 16.5 Å². The summed E-state index contributed by atoms with van der Waals surface area (Å²) in [6.07, 6.45) is 2.08. The Morgan fingerprint density at radius 3 is 2.02 bits per heavy atom. The molecule has 2 aliphatic heterocycles. The van der Waals surface area contributed by atoms with Crippen molar-refractivity contribution in [1.29, 1.82) is 0 Å². The second kappa shape index (κ2) is 10.4. The van der Waals surface area contributed by atoms with Crippen LogP contribution in [-0.2, 0) is 4.79 Å². The number of H-pyrrole nitrogens is 1. The Morgan fingerprint density at radius 1 is 0.825 bits per heavy atom. The Kier molecular flexibility index (Phi) is 6.59. The lowest BCUT2D eigenvalue weighted by Crippen LogP contribution is -2.27. The molecule has 202 valence electrons. The molecule has 0 amide bonds. The number of carboxylic acids is 1. The number of carbonyl (C=O) groups is 1. The summed E-state index contributed by atoms with van der Waals surface area (Å²) in [6, 6.07) is 24.2. The highest BCUT2D eigenvalue weighted by atomic mass is 16.4. The maximum absolute atomic E-state index is 9.00. The van der Waals surface area contributed by atoms with Crippen LogP contribution in [0.2, 0.25) is 0 Å². The zero-order valence-electron chi connectivity index (χ0n) is 22.7. The quantitative estimate of drug-likeness (QED) is 0.233. The fourth-order valence-corrected chi connectivity index (χ4v) is 5.10. The topological polar surface area (TPSA) is 115 Å². The molecular weight excluding hydrogens is 502 g/mol. The van der Waals surface area contributed by atoms with Crippen molar-refractivity contribution in [1.82, 2.24) is 15.6 Å². The van der Waals surface area contributed by atoms with E-state index in [0.29, 0.717) is 12.1 Å². The summed E-state index contributed by atoms with van der Waals surface area (Å²) in [4.78, 5) is 21.6. The predicted octanol–water partition coefficient (Wildman–Crippen LogP) is 5.82. The number of carboxylic acid groups (broad SMARTS) is 1. The van der Waals surface area contributed by atoms with E-state index in [1.54, 1.807) is 0 Å². The third kappa shape index (κ3) is 5.08. The van der Waals surface area contributed by atoms with Crippen LogP contribution < -0.4 is 10.6 Å². The number of aromatic nitrogens is 1. The molecule has 40 heavy (non-hydrogen) atoms. The molecule has 8 nitrogen and oxygen atoms in total. The van der Waals surface area contributed by atoms with Crippen LogP contribution in [0, 0.1) is 0 Å². The third-order valence-corrected chi connectivity index (χ3v) is 7.04. The van der Waals surface area contributed by atoms with Crippen molar-refractivity contribution in [2.75, 3.05) is 13.1 Å². The van der Waals surface area contributed by atoms with Gasteiger partial charge in [0.05, 0.1) is 13.1 Å². The summed E-state index contributed by atoms with van der Waals surface area (Å²) < 4.78 is 6.25. The standard InChI is InChI=1S/C30H27N5O.C2H4O2/c1-17-14-32-29(34-17)22-9-10-24-25(16-31-26(24)11-22)19-3-5-20(6-4-19)27-12-21-7-8-23(13-28(21)36-27)30-33-15-18(2)35-30;1-2(3)4/h3-13,16-18,31H,14-15H2,1-2H3,(H,32,34)(H,33,35);1H3,(H,3,4). The first-order valence-electron chi connectivity index (χ1n) is 13.4. The minimum atomic E-state index is -0.833. The summed E-state index contributed by atoms with van der Waals surface area (Å²) in [5.74, 6) is 1.95. The summed E-state index contributed by atoms with van der Waals surface area (Å²) in [6.45, 7) is 7.01. The molecule has 0 spiro atoms. The van der Waals surface area contributed by atoms with Crippen molar-refractivity contribution in [3.05, 3.63) is 84.1 Å². The van der Waals surface area contributed by atoms with Gasteiger partial charge < -0.3 is 25.1 Å². The van der Waals surface area contributed by atoms with Crippen LogP contribution in [0.1, 0.15) is 31.9 Å². The van der Waals surface area contributed by atoms with Crippen LogP contribution in [-0.4, -0.2) is 52.9 Å². The van der Waals surface area contributed by atoms with Gasteiger partial charge >= 0.3 is 0 Å². The maximum Gasteiger partial charge on any atom is 0.300 e. The van der Waals surface area contributed by atoms with Crippen LogP contribution in [0.15, 0.2) is 87.3 Å². The lowest BCUT2D eigenvalue weighted by atomic mass is 10.0. The number of nitrogens with one attached hydrogen (secondary N) is 3. The van der Waals surface area contributed by atoms with E-state index in [1.807, 2.05) is 0 Å². The van der Waals surface area contributed by atoms with Gasteiger partial charge in [0.25, 0.3) is 5.97 Å². The molecule has 7 rings (SSSR count). The number of furan rings is 1. The van der Waals surface area contributed by atoms with Crippen molar-refractivity contribution in [2.45, 2.75) is 32.9 Å². The molecule has 0 saturated carbocycles. The first-order chi connectivity index (χ1) is 19.3. The van der Waals surface area contributed by atoms with E-state index in [-0.39, 0.29) is 0 Å². The van der Waals surface area contributed by atoms with Crippen LogP contribution in [0.25, 0.3) is 44.3 Å². The number of fused-ring (bicyclic) bond motifs is 2. The Hall–Kier alpha value is -4.85. The van der Waals surface area contributed by atoms with Crippen LogP contribution >= 0.6 is 0 Å². The second-order valence-electron chi connectivity index (χ2n) is 10.4. The molecule has 0 fully saturated rings. The zero-order chi connectivity index (χ0) is 27.8. The molecule has 0 bridgehead atoms. The Labute approximate surface area is 231 Å². The fraction of sp³-hybridized carbons (Fsp3) is 0.219. The first-order valence-corrected chi connectivity index (χ1v) is 13.4. The highest BCUT2D eigenvalue weighted by Crippen LogP contribution is 2.33. The number of nitrogens with zero attached hydrogens (tertiary/aromatic N) is 2. The molecule has 0 radical (unpaired) electrons. The van der Waals surface area contributed by atoms with E-state index in [0.717, 1.165) is 70.6 Å². The molecule has 2 aromatic heterocycles. The Bertz CT molecular complexity index is 1770. The smallest absolute Gasteiger partial charge is 0.300 e. The van der Waals surface area contributed by atoms with Gasteiger partial charge in [-0.25, -0.2) is 0 Å². The average Bonchev–Trinajstić information content (AvgIpc) is 3.74. The lowest BCUT2D eigenvalue weighted by molar-refractivity contribution is -0.134. The van der Waals surface area contributed by atoms with E-state index < -0.39 is 5.97 Å². The van der Waals surface area contributed by atoms with E-state index in [9.17, 15) is 0 Å². The molecule has 3 aromatic carbocycles. The van der Waals surface area contributed by atoms with Gasteiger partial charge in [0.15, 0.2) is 0 Å². The minimum absolute atomic E-state index is 0.378. The van der Waals surface area contributed by atoms with E-state index in [2.05, 4.69) is 112 Å². The largest absolute Gasteiger partial charge is 0.481 e. The van der Waals surface area contributed by atoms with Gasteiger partial charge in [0.2, 0.25) is 0 Å². The molecular formula is C32H31N5O3. The Balaban J connectivity index is 0.000000680. The number of hydrogen-bond acceptors (Lipinski definition) is 6. The van der Waals surface area contributed by atoms with E-state index >= 15 is 0 Å². The summed E-state index contributed by atoms with van der Waals surface area (Å²) in [5, 5.41) is 16.6. The molecule has 4 heterocycles. The SMILES string of the molecule is CC(=O)O.CC1CN=C(c2ccc3c(-c4ccc(-c5cc6ccc(C7=NCC(C)N7)cc6o5)cc4)c[nH]c3c2)N1. The highest BCUT2D eigenvalue weighted by Gasteiger charge is 2.17. The van der Waals surface area contributed by atoms with Crippen molar-refractivity contribution >= 4 is 39.5 Å². The number of rotatable bonds is 4. The van der Waals surface area contributed by atoms with Crippen LogP contribution in [0.4, 0.5) is 0 Å². The minimum Gasteiger partial charge on any atom is -0.481 e. The van der Waals surface area contributed by atoms with Gasteiger partial charge in [0.1, 0.15) is 23.0 Å². The fourth-order valence-electron chi connectivity index (χ4n) is 5.10. The molecule has 0 saturated heterocycles. The summed E-state index contributed by atoms with van der Waals surface area (Å²) >= 11 is 0. The summed E-state index contributed by atoms with van der Waals surface area (Å²) in [7, 11) is 0. The zero-order valence-corrected chi connectivity index (χ0v) is 22.7. The van der Waals surface area contributed by atoms with E-state index in [4.69, 9.17) is 14.3 Å². The highest BCUT2D eigenvalue weighted by molar-refractivity contribution is 6.05. The number of aliphatic imine (C=N–C) groups is 2. The van der Waals surface area contributed by atoms with Crippen molar-refractivity contribution in [2.24, 2.45) is 9.98 Å². The normalized spacial score (nSPS) is 18.1. The third-order valence-electron chi connectivity index (χ3n) is 7.04. The molecule has 2 unspecified atom stereocenters. The average molecular weight is 534 g/mol. The second-order valence-corrected chi connectivity index (χ2v) is 10.4. The lowest BCUT2D eigenvalue weighted by Gasteiger charge is -2.06. The van der Waals surface area contributed by atoms with Crippen molar-refractivity contribution < 1.29 is 14.3 Å². The summed E-state index contributed by atoms with van der Waals surface area (Å²) in [5.41, 5.74) is 7.58. The van der Waals surface area contributed by atoms with Gasteiger partial charge in [-0.3, -0.25) is 14.8 Å². The van der Waals surface area contributed by atoms with Crippen molar-refractivity contribution in [3.8, 4) is 22.5 Å². The molecule has 2 aliphatic rings. The number of amidine groups is 2. The van der Waals surface area contributed by atoms with Crippen molar-refractivity contribution in [3.63, 3.8) is 0 Å². The monoisotopic (exact) mass is 533 g/mol. The van der Waals surface area contributed by atoms with Crippen LogP contribution in [0.5, 0.6) is 0 Å². The molecule has 8 heteroatoms. The number of hydrogen-bond donors (Lipinski definition) is 4.